The first-order valence-electron chi connectivity index (χ1n) is 7.14. The van der Waals surface area contributed by atoms with E-state index in [1.165, 1.54) is 5.56 Å². The number of ether oxygens (including phenoxy) is 2. The molecule has 3 rings (SSSR count). The quantitative estimate of drug-likeness (QED) is 0.922. The van der Waals surface area contributed by atoms with Gasteiger partial charge in [-0.05, 0) is 26.0 Å². The molecule has 0 spiro atoms. The Morgan fingerprint density at radius 2 is 2.29 bits per heavy atom. The monoisotopic (exact) mass is 304 g/mol. The number of thiazole rings is 1. The van der Waals surface area contributed by atoms with Crippen molar-refractivity contribution in [3.8, 4) is 11.5 Å². The van der Waals surface area contributed by atoms with Crippen molar-refractivity contribution >= 4 is 11.3 Å². The summed E-state index contributed by atoms with van der Waals surface area (Å²) in [5, 5.41) is 6.60. The predicted molar refractivity (Wildman–Crippen MR) is 84.2 cm³/mol. The Labute approximate surface area is 129 Å². The highest BCUT2D eigenvalue weighted by Crippen LogP contribution is 2.34. The molecular formula is C16H20N2O2S. The molecular weight excluding hydrogens is 284 g/mol. The second-order valence-corrected chi connectivity index (χ2v) is 6.33. The van der Waals surface area contributed by atoms with Gasteiger partial charge in [0.15, 0.2) is 0 Å². The lowest BCUT2D eigenvalue weighted by Gasteiger charge is -2.11. The number of benzene rings is 1. The molecule has 5 heteroatoms. The molecule has 1 unspecified atom stereocenters. The summed E-state index contributed by atoms with van der Waals surface area (Å²) in [6.45, 7) is 5.63. The number of rotatable bonds is 5. The average Bonchev–Trinajstić information content (AvgIpc) is 3.02. The first-order chi connectivity index (χ1) is 10.2. The summed E-state index contributed by atoms with van der Waals surface area (Å²) < 4.78 is 11.3. The van der Waals surface area contributed by atoms with Crippen LogP contribution in [-0.2, 0) is 19.5 Å². The molecule has 1 aliphatic heterocycles. The molecule has 4 nitrogen and oxygen atoms in total. The average molecular weight is 304 g/mol. The van der Waals surface area contributed by atoms with E-state index in [4.69, 9.17) is 9.47 Å². The molecule has 2 aromatic rings. The Hall–Kier alpha value is -1.59. The Bertz CT molecular complexity index is 639. The van der Waals surface area contributed by atoms with E-state index in [9.17, 15) is 0 Å². The summed E-state index contributed by atoms with van der Waals surface area (Å²) in [6.07, 6.45) is 1.21. The molecule has 0 radical (unpaired) electrons. The molecule has 1 aliphatic rings. The van der Waals surface area contributed by atoms with Crippen LogP contribution in [0.25, 0.3) is 0 Å². The molecule has 0 fully saturated rings. The van der Waals surface area contributed by atoms with Crippen molar-refractivity contribution in [2.45, 2.75) is 39.5 Å². The molecule has 1 atom stereocenters. The van der Waals surface area contributed by atoms with Crippen LogP contribution in [0.3, 0.4) is 0 Å². The number of nitrogens with zero attached hydrogens (tertiary/aromatic N) is 1. The van der Waals surface area contributed by atoms with E-state index in [2.05, 4.69) is 34.7 Å². The normalized spacial score (nSPS) is 16.6. The lowest BCUT2D eigenvalue weighted by Crippen LogP contribution is -2.13. The van der Waals surface area contributed by atoms with Crippen LogP contribution in [0.1, 0.15) is 28.8 Å². The molecule has 2 heterocycles. The number of fused-ring (bicyclic) bond motifs is 1. The van der Waals surface area contributed by atoms with Gasteiger partial charge in [-0.2, -0.15) is 0 Å². The Kier molecular flexibility index (Phi) is 4.12. The van der Waals surface area contributed by atoms with Gasteiger partial charge in [-0.3, -0.25) is 0 Å². The number of aromatic nitrogens is 1. The highest BCUT2D eigenvalue weighted by molar-refractivity contribution is 7.09. The molecule has 0 aliphatic carbocycles. The van der Waals surface area contributed by atoms with Crippen LogP contribution in [0.4, 0.5) is 0 Å². The minimum atomic E-state index is 0.256. The first kappa shape index (κ1) is 14.4. The van der Waals surface area contributed by atoms with E-state index in [1.54, 1.807) is 18.4 Å². The maximum Gasteiger partial charge on any atom is 0.123 e. The fourth-order valence-corrected chi connectivity index (χ4v) is 3.34. The van der Waals surface area contributed by atoms with Crippen LogP contribution in [0.2, 0.25) is 0 Å². The number of hydrogen-bond acceptors (Lipinski definition) is 5. The second-order valence-electron chi connectivity index (χ2n) is 5.39. The van der Waals surface area contributed by atoms with E-state index in [0.29, 0.717) is 0 Å². The maximum absolute atomic E-state index is 5.82. The van der Waals surface area contributed by atoms with Crippen molar-refractivity contribution in [3.05, 3.63) is 39.3 Å². The summed E-state index contributed by atoms with van der Waals surface area (Å²) in [6, 6.07) is 4.20. The molecule has 112 valence electrons. The van der Waals surface area contributed by atoms with Gasteiger partial charge < -0.3 is 14.8 Å². The molecule has 1 aromatic heterocycles. The zero-order valence-electron chi connectivity index (χ0n) is 12.6. The van der Waals surface area contributed by atoms with Crippen molar-refractivity contribution in [2.24, 2.45) is 0 Å². The van der Waals surface area contributed by atoms with Crippen molar-refractivity contribution in [3.63, 3.8) is 0 Å². The van der Waals surface area contributed by atoms with E-state index in [-0.39, 0.29) is 6.10 Å². The van der Waals surface area contributed by atoms with Gasteiger partial charge in [0.1, 0.15) is 22.6 Å². The Balaban J connectivity index is 1.68. The van der Waals surface area contributed by atoms with Crippen molar-refractivity contribution in [1.82, 2.24) is 10.3 Å². The van der Waals surface area contributed by atoms with Gasteiger partial charge >= 0.3 is 0 Å². The van der Waals surface area contributed by atoms with Gasteiger partial charge in [0.2, 0.25) is 0 Å². The summed E-state index contributed by atoms with van der Waals surface area (Å²) in [4.78, 5) is 4.45. The molecule has 0 bridgehead atoms. The minimum Gasteiger partial charge on any atom is -0.496 e. The number of aryl methyl sites for hydroxylation is 1. The SMILES string of the molecule is COc1cc2c(cc1CNCc1nc(C)cs1)OC(C)C2. The minimum absolute atomic E-state index is 0.256. The van der Waals surface area contributed by atoms with E-state index < -0.39 is 0 Å². The summed E-state index contributed by atoms with van der Waals surface area (Å²) in [7, 11) is 1.72. The number of methoxy groups -OCH3 is 1. The van der Waals surface area contributed by atoms with Crippen LogP contribution in [0, 0.1) is 6.92 Å². The third-order valence-corrected chi connectivity index (χ3v) is 4.52. The van der Waals surface area contributed by atoms with E-state index in [0.717, 1.165) is 47.3 Å². The van der Waals surface area contributed by atoms with Crippen LogP contribution >= 0.6 is 11.3 Å². The topological polar surface area (TPSA) is 43.4 Å². The van der Waals surface area contributed by atoms with Gasteiger partial charge in [0.25, 0.3) is 0 Å². The van der Waals surface area contributed by atoms with Crippen LogP contribution < -0.4 is 14.8 Å². The van der Waals surface area contributed by atoms with Crippen LogP contribution in [-0.4, -0.2) is 18.2 Å². The molecule has 0 saturated heterocycles. The molecule has 0 amide bonds. The van der Waals surface area contributed by atoms with Crippen molar-refractivity contribution in [1.29, 1.82) is 0 Å². The van der Waals surface area contributed by atoms with Crippen molar-refractivity contribution < 1.29 is 9.47 Å². The number of nitrogens with one attached hydrogen (secondary N) is 1. The van der Waals surface area contributed by atoms with Gasteiger partial charge in [-0.1, -0.05) is 0 Å². The third kappa shape index (κ3) is 3.19. The zero-order chi connectivity index (χ0) is 14.8. The van der Waals surface area contributed by atoms with Gasteiger partial charge in [0.05, 0.1) is 7.11 Å². The second kappa shape index (κ2) is 6.03. The lowest BCUT2D eigenvalue weighted by molar-refractivity contribution is 0.254. The van der Waals surface area contributed by atoms with E-state index >= 15 is 0 Å². The fourth-order valence-electron chi connectivity index (χ4n) is 2.60. The highest BCUT2D eigenvalue weighted by Gasteiger charge is 2.21. The Morgan fingerprint density at radius 1 is 1.43 bits per heavy atom. The zero-order valence-corrected chi connectivity index (χ0v) is 13.4. The molecule has 0 saturated carbocycles. The van der Waals surface area contributed by atoms with Crippen LogP contribution in [0.5, 0.6) is 11.5 Å². The predicted octanol–water partition coefficient (Wildman–Crippen LogP) is 3.07. The molecule has 21 heavy (non-hydrogen) atoms. The summed E-state index contributed by atoms with van der Waals surface area (Å²) in [5.41, 5.74) is 3.44. The lowest BCUT2D eigenvalue weighted by atomic mass is 10.1. The third-order valence-electron chi connectivity index (χ3n) is 3.56. The number of hydrogen-bond donors (Lipinski definition) is 1. The molecule has 1 N–H and O–H groups in total. The van der Waals surface area contributed by atoms with Gasteiger partial charge in [-0.25, -0.2) is 4.98 Å². The standard InChI is InChI=1S/C16H20N2O2S/c1-10-9-21-16(18-10)8-17-7-13-6-15-12(4-11(2)20-15)5-14(13)19-3/h5-6,9,11,17H,4,7-8H2,1-3H3. The van der Waals surface area contributed by atoms with E-state index in [1.807, 2.05) is 6.92 Å². The van der Waals surface area contributed by atoms with Gasteiger partial charge in [-0.15, -0.1) is 11.3 Å². The Morgan fingerprint density at radius 3 is 3.00 bits per heavy atom. The largest absolute Gasteiger partial charge is 0.496 e. The summed E-state index contributed by atoms with van der Waals surface area (Å²) in [5.74, 6) is 1.92. The van der Waals surface area contributed by atoms with Gasteiger partial charge in [0, 0.05) is 41.7 Å². The van der Waals surface area contributed by atoms with Crippen LogP contribution in [0.15, 0.2) is 17.5 Å². The summed E-state index contributed by atoms with van der Waals surface area (Å²) >= 11 is 1.69. The maximum atomic E-state index is 5.82. The van der Waals surface area contributed by atoms with Crippen molar-refractivity contribution in [2.75, 3.05) is 7.11 Å². The highest BCUT2D eigenvalue weighted by atomic mass is 32.1. The fraction of sp³-hybridized carbons (Fsp3) is 0.438. The molecule has 1 aromatic carbocycles. The smallest absolute Gasteiger partial charge is 0.123 e. The first-order valence-corrected chi connectivity index (χ1v) is 8.02.